The van der Waals surface area contributed by atoms with Crippen LogP contribution < -0.4 is 4.74 Å². The predicted molar refractivity (Wildman–Crippen MR) is 70.3 cm³/mol. The molecule has 1 fully saturated rings. The maximum atomic E-state index is 11.1. The first-order valence-corrected chi connectivity index (χ1v) is 6.68. The van der Waals surface area contributed by atoms with Crippen molar-refractivity contribution in [2.45, 2.75) is 51.6 Å². The second-order valence-corrected chi connectivity index (χ2v) is 4.97. The van der Waals surface area contributed by atoms with Crippen molar-refractivity contribution in [1.82, 2.24) is 0 Å². The van der Waals surface area contributed by atoms with Crippen molar-refractivity contribution in [3.8, 4) is 5.75 Å². The minimum atomic E-state index is -0.890. The van der Waals surface area contributed by atoms with Crippen LogP contribution in [0.1, 0.15) is 54.4 Å². The standard InChI is InChI=1S/C15H20O3/c1-11-13(15(16)17)9-6-10-14(11)18-12-7-4-2-3-5-8-12/h6,9-10,12H,2-5,7-8H2,1H3,(H,16,17). The Morgan fingerprint density at radius 3 is 2.50 bits per heavy atom. The van der Waals surface area contributed by atoms with Gasteiger partial charge in [0.15, 0.2) is 0 Å². The van der Waals surface area contributed by atoms with Crippen molar-refractivity contribution in [3.05, 3.63) is 29.3 Å². The highest BCUT2D eigenvalue weighted by Crippen LogP contribution is 2.27. The quantitative estimate of drug-likeness (QED) is 0.828. The van der Waals surface area contributed by atoms with Gasteiger partial charge in [-0.15, -0.1) is 0 Å². The zero-order valence-electron chi connectivity index (χ0n) is 10.8. The first-order chi connectivity index (χ1) is 8.68. The third kappa shape index (κ3) is 3.03. The molecule has 98 valence electrons. The zero-order valence-corrected chi connectivity index (χ0v) is 10.8. The van der Waals surface area contributed by atoms with E-state index in [-0.39, 0.29) is 6.10 Å². The van der Waals surface area contributed by atoms with E-state index in [9.17, 15) is 4.79 Å². The molecule has 0 spiro atoms. The van der Waals surface area contributed by atoms with Crippen molar-refractivity contribution in [1.29, 1.82) is 0 Å². The third-order valence-electron chi connectivity index (χ3n) is 3.61. The molecule has 0 saturated heterocycles. The van der Waals surface area contributed by atoms with Crippen molar-refractivity contribution in [2.24, 2.45) is 0 Å². The lowest BCUT2D eigenvalue weighted by Crippen LogP contribution is -2.16. The van der Waals surface area contributed by atoms with Gasteiger partial charge in [-0.3, -0.25) is 0 Å². The minimum Gasteiger partial charge on any atom is -0.490 e. The molecule has 1 aromatic rings. The summed E-state index contributed by atoms with van der Waals surface area (Å²) in [5.41, 5.74) is 1.07. The topological polar surface area (TPSA) is 46.5 Å². The molecule has 18 heavy (non-hydrogen) atoms. The lowest BCUT2D eigenvalue weighted by molar-refractivity contribution is 0.0695. The fraction of sp³-hybridized carbons (Fsp3) is 0.533. The molecule has 0 amide bonds. The summed E-state index contributed by atoms with van der Waals surface area (Å²) >= 11 is 0. The molecule has 1 saturated carbocycles. The molecule has 1 aliphatic rings. The average molecular weight is 248 g/mol. The van der Waals surface area contributed by atoms with Gasteiger partial charge in [0.05, 0.1) is 11.7 Å². The van der Waals surface area contributed by atoms with Crippen LogP contribution in [0.25, 0.3) is 0 Å². The Hall–Kier alpha value is -1.51. The molecule has 0 heterocycles. The van der Waals surface area contributed by atoms with Gasteiger partial charge in [0.2, 0.25) is 0 Å². The van der Waals surface area contributed by atoms with Crippen LogP contribution in [0.15, 0.2) is 18.2 Å². The zero-order chi connectivity index (χ0) is 13.0. The van der Waals surface area contributed by atoms with Crippen LogP contribution in [0.2, 0.25) is 0 Å². The summed E-state index contributed by atoms with van der Waals surface area (Å²) in [4.78, 5) is 11.1. The van der Waals surface area contributed by atoms with Gasteiger partial charge in [-0.2, -0.15) is 0 Å². The van der Waals surface area contributed by atoms with E-state index >= 15 is 0 Å². The minimum absolute atomic E-state index is 0.246. The molecule has 0 unspecified atom stereocenters. The van der Waals surface area contributed by atoms with Gasteiger partial charge in [0.1, 0.15) is 5.75 Å². The first kappa shape index (κ1) is 12.9. The van der Waals surface area contributed by atoms with E-state index in [1.54, 1.807) is 12.1 Å². The van der Waals surface area contributed by atoms with E-state index in [0.29, 0.717) is 5.56 Å². The number of aromatic carboxylic acids is 1. The lowest BCUT2D eigenvalue weighted by Gasteiger charge is -2.19. The molecule has 2 rings (SSSR count). The first-order valence-electron chi connectivity index (χ1n) is 6.68. The fourth-order valence-electron chi connectivity index (χ4n) is 2.51. The van der Waals surface area contributed by atoms with Gasteiger partial charge in [-0.25, -0.2) is 4.79 Å². The fourth-order valence-corrected chi connectivity index (χ4v) is 2.51. The number of rotatable bonds is 3. The lowest BCUT2D eigenvalue weighted by atomic mass is 10.1. The molecule has 1 aliphatic carbocycles. The Morgan fingerprint density at radius 1 is 1.22 bits per heavy atom. The summed E-state index contributed by atoms with van der Waals surface area (Å²) in [7, 11) is 0. The Morgan fingerprint density at radius 2 is 1.89 bits per heavy atom. The predicted octanol–water partition coefficient (Wildman–Crippen LogP) is 3.79. The van der Waals surface area contributed by atoms with Crippen LogP contribution in [0, 0.1) is 6.92 Å². The van der Waals surface area contributed by atoms with E-state index in [1.165, 1.54) is 25.7 Å². The molecule has 1 N–H and O–H groups in total. The summed E-state index contributed by atoms with van der Waals surface area (Å²) in [5.74, 6) is -0.166. The van der Waals surface area contributed by atoms with Gasteiger partial charge in [-0.1, -0.05) is 18.9 Å². The molecule has 0 aliphatic heterocycles. The summed E-state index contributed by atoms with van der Waals surface area (Å²) in [6.07, 6.45) is 7.40. The summed E-state index contributed by atoms with van der Waals surface area (Å²) in [6, 6.07) is 5.24. The largest absolute Gasteiger partial charge is 0.490 e. The number of hydrogen-bond acceptors (Lipinski definition) is 2. The normalized spacial score (nSPS) is 17.2. The smallest absolute Gasteiger partial charge is 0.336 e. The van der Waals surface area contributed by atoms with E-state index in [0.717, 1.165) is 24.2 Å². The van der Waals surface area contributed by atoms with Gasteiger partial charge in [0, 0.05) is 5.56 Å². The molecule has 0 atom stereocenters. The van der Waals surface area contributed by atoms with Crippen LogP contribution >= 0.6 is 0 Å². The second-order valence-electron chi connectivity index (χ2n) is 4.97. The number of carbonyl (C=O) groups is 1. The Labute approximate surface area is 108 Å². The van der Waals surface area contributed by atoms with Crippen molar-refractivity contribution in [2.75, 3.05) is 0 Å². The van der Waals surface area contributed by atoms with Gasteiger partial charge >= 0.3 is 5.97 Å². The van der Waals surface area contributed by atoms with Gasteiger partial charge < -0.3 is 9.84 Å². The Bertz CT molecular complexity index is 418. The maximum absolute atomic E-state index is 11.1. The second kappa shape index (κ2) is 5.89. The number of benzene rings is 1. The van der Waals surface area contributed by atoms with Crippen LogP contribution in [0.5, 0.6) is 5.75 Å². The van der Waals surface area contributed by atoms with Crippen molar-refractivity contribution < 1.29 is 14.6 Å². The van der Waals surface area contributed by atoms with Crippen molar-refractivity contribution in [3.63, 3.8) is 0 Å². The van der Waals surface area contributed by atoms with E-state index in [4.69, 9.17) is 9.84 Å². The molecule has 3 nitrogen and oxygen atoms in total. The molecule has 0 radical (unpaired) electrons. The van der Waals surface area contributed by atoms with Crippen LogP contribution in [-0.4, -0.2) is 17.2 Å². The number of carboxylic acid groups (broad SMARTS) is 1. The summed E-state index contributed by atoms with van der Waals surface area (Å²) < 4.78 is 5.99. The summed E-state index contributed by atoms with van der Waals surface area (Å²) in [6.45, 7) is 1.81. The molecular formula is C15H20O3. The number of hydrogen-bond donors (Lipinski definition) is 1. The molecule has 1 aromatic carbocycles. The van der Waals surface area contributed by atoms with E-state index < -0.39 is 5.97 Å². The van der Waals surface area contributed by atoms with Gasteiger partial charge in [-0.05, 0) is 44.7 Å². The SMILES string of the molecule is Cc1c(OC2CCCCCC2)cccc1C(=O)O. The number of carboxylic acids is 1. The number of ether oxygens (including phenoxy) is 1. The highest BCUT2D eigenvalue weighted by Gasteiger charge is 2.17. The summed E-state index contributed by atoms with van der Waals surface area (Å²) in [5, 5.41) is 9.09. The van der Waals surface area contributed by atoms with Crippen molar-refractivity contribution >= 4 is 5.97 Å². The van der Waals surface area contributed by atoms with Crippen LogP contribution in [0.3, 0.4) is 0 Å². The molecule has 3 heteroatoms. The van der Waals surface area contributed by atoms with Gasteiger partial charge in [0.25, 0.3) is 0 Å². The average Bonchev–Trinajstić information content (AvgIpc) is 2.60. The van der Waals surface area contributed by atoms with E-state index in [2.05, 4.69) is 0 Å². The van der Waals surface area contributed by atoms with Crippen LogP contribution in [0.4, 0.5) is 0 Å². The molecule has 0 bridgehead atoms. The van der Waals surface area contributed by atoms with Crippen LogP contribution in [-0.2, 0) is 0 Å². The third-order valence-corrected chi connectivity index (χ3v) is 3.61. The molecular weight excluding hydrogens is 228 g/mol. The Balaban J connectivity index is 2.13. The van der Waals surface area contributed by atoms with E-state index in [1.807, 2.05) is 13.0 Å². The molecule has 0 aromatic heterocycles. The monoisotopic (exact) mass is 248 g/mol. The highest BCUT2D eigenvalue weighted by atomic mass is 16.5. The Kier molecular flexibility index (Phi) is 4.24. The highest BCUT2D eigenvalue weighted by molar-refractivity contribution is 5.90. The maximum Gasteiger partial charge on any atom is 0.336 e.